The largest absolute Gasteiger partial charge is 0.372 e. The second kappa shape index (κ2) is 7.07. The molecule has 2 aromatic heterocycles. The lowest BCUT2D eigenvalue weighted by molar-refractivity contribution is 0.0830. The van der Waals surface area contributed by atoms with E-state index in [2.05, 4.69) is 54.4 Å². The molecule has 1 aliphatic heterocycles. The lowest BCUT2D eigenvalue weighted by atomic mass is 9.89. The summed E-state index contributed by atoms with van der Waals surface area (Å²) in [5.41, 5.74) is 3.73. The molecule has 3 heterocycles. The summed E-state index contributed by atoms with van der Waals surface area (Å²) >= 11 is 0. The van der Waals surface area contributed by atoms with Crippen LogP contribution in [-0.4, -0.2) is 33.1 Å². The first-order chi connectivity index (χ1) is 11.5. The Morgan fingerprint density at radius 2 is 2.25 bits per heavy atom. The molecule has 2 aromatic rings. The molecule has 132 valence electrons. The van der Waals surface area contributed by atoms with Crippen molar-refractivity contribution in [3.63, 3.8) is 0 Å². The Labute approximate surface area is 144 Å². The molecule has 0 amide bonds. The van der Waals surface area contributed by atoms with E-state index in [4.69, 9.17) is 4.74 Å². The number of H-pyrrole nitrogens is 1. The van der Waals surface area contributed by atoms with Crippen LogP contribution in [0.4, 0.5) is 0 Å². The van der Waals surface area contributed by atoms with Crippen LogP contribution < -0.4 is 5.32 Å². The van der Waals surface area contributed by atoms with Crippen LogP contribution in [0.3, 0.4) is 0 Å². The van der Waals surface area contributed by atoms with E-state index in [9.17, 15) is 0 Å². The monoisotopic (exact) mass is 331 g/mol. The summed E-state index contributed by atoms with van der Waals surface area (Å²) in [6, 6.07) is 2.08. The van der Waals surface area contributed by atoms with Crippen molar-refractivity contribution in [2.45, 2.75) is 58.7 Å². The highest BCUT2D eigenvalue weighted by Crippen LogP contribution is 2.34. The fraction of sp³-hybridized carbons (Fsp3) is 0.667. The van der Waals surface area contributed by atoms with Crippen molar-refractivity contribution in [1.29, 1.82) is 0 Å². The molecule has 0 unspecified atom stereocenters. The normalized spacial score (nSPS) is 21.5. The van der Waals surface area contributed by atoms with E-state index >= 15 is 0 Å². The lowest BCUT2D eigenvalue weighted by Gasteiger charge is -2.21. The Kier molecular flexibility index (Phi) is 5.06. The number of nitrogens with one attached hydrogen (secondary N) is 2. The minimum atomic E-state index is 0.0835. The predicted molar refractivity (Wildman–Crippen MR) is 93.7 cm³/mol. The first-order valence-electron chi connectivity index (χ1n) is 8.87. The molecule has 2 N–H and O–H groups in total. The third-order valence-electron chi connectivity index (χ3n) is 4.74. The smallest absolute Gasteiger partial charge is 0.103 e. The van der Waals surface area contributed by atoms with Gasteiger partial charge in [-0.25, -0.2) is 0 Å². The van der Waals surface area contributed by atoms with Gasteiger partial charge in [0.2, 0.25) is 0 Å². The molecular formula is C18H29N5O. The Balaban J connectivity index is 1.60. The van der Waals surface area contributed by atoms with Crippen LogP contribution in [0, 0.1) is 5.92 Å². The SMILES string of the molecule is CCn1nccc1[C@@H]1OCC[C@H]1CNCc1cn[nH]c1C(C)(C)C. The Morgan fingerprint density at radius 3 is 3.00 bits per heavy atom. The van der Waals surface area contributed by atoms with Gasteiger partial charge in [0.15, 0.2) is 0 Å². The zero-order chi connectivity index (χ0) is 17.2. The molecule has 0 saturated carbocycles. The van der Waals surface area contributed by atoms with Crippen molar-refractivity contribution in [1.82, 2.24) is 25.3 Å². The van der Waals surface area contributed by atoms with Gasteiger partial charge in [-0.3, -0.25) is 9.78 Å². The van der Waals surface area contributed by atoms with E-state index in [1.54, 1.807) is 0 Å². The number of hydrogen-bond acceptors (Lipinski definition) is 4. The van der Waals surface area contributed by atoms with Crippen molar-refractivity contribution < 1.29 is 4.74 Å². The lowest BCUT2D eigenvalue weighted by Crippen LogP contribution is -2.26. The fourth-order valence-corrected chi connectivity index (χ4v) is 3.51. The maximum absolute atomic E-state index is 6.00. The quantitative estimate of drug-likeness (QED) is 0.854. The summed E-state index contributed by atoms with van der Waals surface area (Å²) in [4.78, 5) is 0. The highest BCUT2D eigenvalue weighted by Gasteiger charge is 2.31. The zero-order valence-corrected chi connectivity index (χ0v) is 15.2. The summed E-state index contributed by atoms with van der Waals surface area (Å²) in [5, 5.41) is 15.3. The zero-order valence-electron chi connectivity index (χ0n) is 15.2. The minimum absolute atomic E-state index is 0.0835. The van der Waals surface area contributed by atoms with E-state index in [0.29, 0.717) is 5.92 Å². The van der Waals surface area contributed by atoms with Crippen LogP contribution in [0.5, 0.6) is 0 Å². The molecule has 0 aromatic carbocycles. The predicted octanol–water partition coefficient (Wildman–Crippen LogP) is 2.79. The van der Waals surface area contributed by atoms with Crippen LogP contribution in [-0.2, 0) is 23.2 Å². The third kappa shape index (κ3) is 3.54. The number of aryl methyl sites for hydroxylation is 1. The van der Waals surface area contributed by atoms with E-state index in [1.807, 2.05) is 17.1 Å². The molecule has 2 atom stereocenters. The standard InChI is InChI=1S/C18H29N5O/c1-5-23-15(6-8-21-23)16-13(7-9-24-16)10-19-11-14-12-20-22-17(14)18(2,3)4/h6,8,12-13,16,19H,5,7,9-11H2,1-4H3,(H,20,22)/t13-,16+/m0/s1. The van der Waals surface area contributed by atoms with Crippen molar-refractivity contribution in [3.8, 4) is 0 Å². The molecule has 6 heteroatoms. The third-order valence-corrected chi connectivity index (χ3v) is 4.74. The van der Waals surface area contributed by atoms with Gasteiger partial charge in [0.25, 0.3) is 0 Å². The van der Waals surface area contributed by atoms with E-state index in [-0.39, 0.29) is 11.5 Å². The van der Waals surface area contributed by atoms with Gasteiger partial charge in [-0.1, -0.05) is 20.8 Å². The summed E-state index contributed by atoms with van der Waals surface area (Å²) in [5.74, 6) is 0.483. The van der Waals surface area contributed by atoms with Crippen LogP contribution in [0.15, 0.2) is 18.5 Å². The number of aromatic amines is 1. The Morgan fingerprint density at radius 1 is 1.42 bits per heavy atom. The summed E-state index contributed by atoms with van der Waals surface area (Å²) in [6.07, 6.45) is 5.03. The van der Waals surface area contributed by atoms with E-state index in [0.717, 1.165) is 32.7 Å². The van der Waals surface area contributed by atoms with Crippen molar-refractivity contribution in [3.05, 3.63) is 35.4 Å². The first kappa shape index (κ1) is 17.2. The highest BCUT2D eigenvalue weighted by molar-refractivity contribution is 5.23. The Bertz CT molecular complexity index is 654. The van der Waals surface area contributed by atoms with E-state index in [1.165, 1.54) is 17.0 Å². The van der Waals surface area contributed by atoms with Gasteiger partial charge in [-0.2, -0.15) is 10.2 Å². The molecule has 6 nitrogen and oxygen atoms in total. The number of ether oxygens (including phenoxy) is 1. The topological polar surface area (TPSA) is 67.8 Å². The molecule has 0 radical (unpaired) electrons. The van der Waals surface area contributed by atoms with Crippen molar-refractivity contribution in [2.24, 2.45) is 5.92 Å². The number of nitrogens with zero attached hydrogens (tertiary/aromatic N) is 3. The van der Waals surface area contributed by atoms with Crippen LogP contribution in [0.1, 0.15) is 57.2 Å². The van der Waals surface area contributed by atoms with Crippen molar-refractivity contribution >= 4 is 0 Å². The molecule has 3 rings (SSSR count). The van der Waals surface area contributed by atoms with Gasteiger partial charge in [0.1, 0.15) is 6.10 Å². The van der Waals surface area contributed by atoms with Gasteiger partial charge in [-0.05, 0) is 19.4 Å². The van der Waals surface area contributed by atoms with Crippen LogP contribution >= 0.6 is 0 Å². The van der Waals surface area contributed by atoms with Gasteiger partial charge < -0.3 is 10.1 Å². The second-order valence-electron chi connectivity index (χ2n) is 7.56. The summed E-state index contributed by atoms with van der Waals surface area (Å²) in [7, 11) is 0. The molecule has 1 fully saturated rings. The fourth-order valence-electron chi connectivity index (χ4n) is 3.51. The molecule has 24 heavy (non-hydrogen) atoms. The Hall–Kier alpha value is -1.66. The molecular weight excluding hydrogens is 302 g/mol. The summed E-state index contributed by atoms with van der Waals surface area (Å²) in [6.45, 7) is 12.2. The maximum Gasteiger partial charge on any atom is 0.103 e. The molecule has 1 aliphatic rings. The van der Waals surface area contributed by atoms with E-state index < -0.39 is 0 Å². The molecule has 0 aliphatic carbocycles. The van der Waals surface area contributed by atoms with Crippen LogP contribution in [0.25, 0.3) is 0 Å². The van der Waals surface area contributed by atoms with Gasteiger partial charge >= 0.3 is 0 Å². The average molecular weight is 331 g/mol. The van der Waals surface area contributed by atoms with Gasteiger partial charge in [0, 0.05) is 55.0 Å². The molecule has 0 spiro atoms. The number of rotatable bonds is 6. The molecule has 0 bridgehead atoms. The highest BCUT2D eigenvalue weighted by atomic mass is 16.5. The van der Waals surface area contributed by atoms with Crippen LogP contribution in [0.2, 0.25) is 0 Å². The van der Waals surface area contributed by atoms with Gasteiger partial charge in [0.05, 0.1) is 11.9 Å². The number of aromatic nitrogens is 4. The minimum Gasteiger partial charge on any atom is -0.372 e. The maximum atomic E-state index is 6.00. The van der Waals surface area contributed by atoms with Crippen molar-refractivity contribution in [2.75, 3.05) is 13.2 Å². The first-order valence-corrected chi connectivity index (χ1v) is 8.87. The summed E-state index contributed by atoms with van der Waals surface area (Å²) < 4.78 is 8.04. The average Bonchev–Trinajstić information content (AvgIpc) is 3.26. The second-order valence-corrected chi connectivity index (χ2v) is 7.56. The molecule has 1 saturated heterocycles. The van der Waals surface area contributed by atoms with Gasteiger partial charge in [-0.15, -0.1) is 0 Å². The number of hydrogen-bond donors (Lipinski definition) is 2.